The summed E-state index contributed by atoms with van der Waals surface area (Å²) in [6, 6.07) is 0. The Kier molecular flexibility index (Phi) is 5.09. The lowest BCUT2D eigenvalue weighted by Gasteiger charge is -2.09. The van der Waals surface area contributed by atoms with Crippen LogP contribution in [-0.2, 0) is 4.79 Å². The van der Waals surface area contributed by atoms with Crippen LogP contribution in [0.1, 0.15) is 51.9 Å². The van der Waals surface area contributed by atoms with Crippen LogP contribution in [-0.4, -0.2) is 19.0 Å². The van der Waals surface area contributed by atoms with Crippen molar-refractivity contribution in [2.75, 3.05) is 13.1 Å². The van der Waals surface area contributed by atoms with Crippen molar-refractivity contribution in [3.63, 3.8) is 0 Å². The maximum absolute atomic E-state index is 11.4. The maximum Gasteiger partial charge on any atom is 0.220 e. The lowest BCUT2D eigenvalue weighted by molar-refractivity contribution is -0.121. The van der Waals surface area contributed by atoms with Crippen LogP contribution in [0.25, 0.3) is 0 Å². The minimum absolute atomic E-state index is 0.218. The molecule has 1 fully saturated rings. The second-order valence-corrected chi connectivity index (χ2v) is 5.04. The largest absolute Gasteiger partial charge is 0.356 e. The first kappa shape index (κ1) is 12.5. The van der Waals surface area contributed by atoms with Crippen molar-refractivity contribution in [3.8, 4) is 0 Å². The van der Waals surface area contributed by atoms with Crippen molar-refractivity contribution >= 4 is 5.91 Å². The van der Waals surface area contributed by atoms with E-state index in [-0.39, 0.29) is 5.91 Å². The fraction of sp³-hybridized carbons (Fsp3) is 0.917. The topological polar surface area (TPSA) is 55.1 Å². The van der Waals surface area contributed by atoms with Gasteiger partial charge in [-0.1, -0.05) is 19.8 Å². The maximum atomic E-state index is 11.4. The van der Waals surface area contributed by atoms with Gasteiger partial charge in [0.2, 0.25) is 5.91 Å². The van der Waals surface area contributed by atoms with E-state index in [1.165, 1.54) is 12.8 Å². The summed E-state index contributed by atoms with van der Waals surface area (Å²) in [4.78, 5) is 11.4. The molecule has 1 aliphatic carbocycles. The van der Waals surface area contributed by atoms with Gasteiger partial charge in [-0.3, -0.25) is 4.79 Å². The van der Waals surface area contributed by atoms with E-state index in [0.717, 1.165) is 38.8 Å². The molecule has 1 aliphatic rings. The van der Waals surface area contributed by atoms with Gasteiger partial charge in [0.05, 0.1) is 0 Å². The molecule has 3 nitrogen and oxygen atoms in total. The molecule has 88 valence electrons. The van der Waals surface area contributed by atoms with Crippen LogP contribution >= 0.6 is 0 Å². The van der Waals surface area contributed by atoms with Crippen LogP contribution < -0.4 is 11.1 Å². The molecule has 1 saturated carbocycles. The molecule has 3 heteroatoms. The Labute approximate surface area is 92.8 Å². The first-order valence-electron chi connectivity index (χ1n) is 6.13. The zero-order valence-corrected chi connectivity index (χ0v) is 9.85. The van der Waals surface area contributed by atoms with E-state index in [9.17, 15) is 4.79 Å². The molecule has 0 radical (unpaired) electrons. The average molecular weight is 212 g/mol. The lowest BCUT2D eigenvalue weighted by atomic mass is 10.1. The van der Waals surface area contributed by atoms with Gasteiger partial charge in [-0.2, -0.15) is 0 Å². The van der Waals surface area contributed by atoms with Gasteiger partial charge in [-0.25, -0.2) is 0 Å². The predicted molar refractivity (Wildman–Crippen MR) is 62.5 cm³/mol. The predicted octanol–water partition coefficient (Wildman–Crippen LogP) is 1.81. The molecule has 1 rings (SSSR count). The molecule has 0 bridgehead atoms. The van der Waals surface area contributed by atoms with Gasteiger partial charge < -0.3 is 11.1 Å². The van der Waals surface area contributed by atoms with Crippen molar-refractivity contribution in [1.29, 1.82) is 0 Å². The van der Waals surface area contributed by atoms with E-state index in [2.05, 4.69) is 12.2 Å². The summed E-state index contributed by atoms with van der Waals surface area (Å²) in [5, 5.41) is 3.01. The molecular formula is C12H24N2O. The molecule has 0 aliphatic heterocycles. The molecule has 1 amide bonds. The fourth-order valence-corrected chi connectivity index (χ4v) is 1.57. The zero-order chi connectivity index (χ0) is 11.1. The van der Waals surface area contributed by atoms with Crippen molar-refractivity contribution in [1.82, 2.24) is 5.32 Å². The summed E-state index contributed by atoms with van der Waals surface area (Å²) in [6.45, 7) is 3.87. The van der Waals surface area contributed by atoms with E-state index < -0.39 is 0 Å². The molecule has 0 aromatic rings. The Morgan fingerprint density at radius 1 is 1.27 bits per heavy atom. The van der Waals surface area contributed by atoms with Crippen LogP contribution in [0.4, 0.5) is 0 Å². The number of hydrogen-bond donors (Lipinski definition) is 2. The summed E-state index contributed by atoms with van der Waals surface area (Å²) in [5.74, 6) is 0.218. The first-order valence-corrected chi connectivity index (χ1v) is 6.13. The minimum Gasteiger partial charge on any atom is -0.356 e. The number of nitrogens with two attached hydrogens (primary N) is 1. The SMILES string of the molecule is CC1(CNC(=O)CCCCCCN)CC1. The number of unbranched alkanes of at least 4 members (excludes halogenated alkanes) is 3. The van der Waals surface area contributed by atoms with Crippen LogP contribution in [0.5, 0.6) is 0 Å². The highest BCUT2D eigenvalue weighted by Crippen LogP contribution is 2.43. The van der Waals surface area contributed by atoms with E-state index in [1.54, 1.807) is 0 Å². The van der Waals surface area contributed by atoms with Gasteiger partial charge in [0, 0.05) is 13.0 Å². The van der Waals surface area contributed by atoms with Gasteiger partial charge >= 0.3 is 0 Å². The minimum atomic E-state index is 0.218. The Hall–Kier alpha value is -0.570. The number of hydrogen-bond acceptors (Lipinski definition) is 2. The monoisotopic (exact) mass is 212 g/mol. The summed E-state index contributed by atoms with van der Waals surface area (Å²) in [6.07, 6.45) is 7.58. The van der Waals surface area contributed by atoms with E-state index >= 15 is 0 Å². The van der Waals surface area contributed by atoms with Crippen LogP contribution in [0, 0.1) is 5.41 Å². The summed E-state index contributed by atoms with van der Waals surface area (Å²) in [7, 11) is 0. The van der Waals surface area contributed by atoms with Crippen molar-refractivity contribution in [3.05, 3.63) is 0 Å². The normalized spacial score (nSPS) is 17.5. The highest BCUT2D eigenvalue weighted by Gasteiger charge is 2.37. The number of amides is 1. The molecule has 0 atom stereocenters. The van der Waals surface area contributed by atoms with Crippen molar-refractivity contribution in [2.45, 2.75) is 51.9 Å². The third kappa shape index (κ3) is 5.78. The molecule has 15 heavy (non-hydrogen) atoms. The van der Waals surface area contributed by atoms with Crippen LogP contribution in [0.2, 0.25) is 0 Å². The molecule has 0 aromatic carbocycles. The van der Waals surface area contributed by atoms with E-state index in [1.807, 2.05) is 0 Å². The Morgan fingerprint density at radius 3 is 2.53 bits per heavy atom. The van der Waals surface area contributed by atoms with Gasteiger partial charge in [0.1, 0.15) is 0 Å². The molecule has 0 aromatic heterocycles. The number of carbonyl (C=O) groups excluding carboxylic acids is 1. The molecule has 0 heterocycles. The van der Waals surface area contributed by atoms with E-state index in [4.69, 9.17) is 5.73 Å². The van der Waals surface area contributed by atoms with Crippen molar-refractivity contribution < 1.29 is 4.79 Å². The van der Waals surface area contributed by atoms with Crippen LogP contribution in [0.15, 0.2) is 0 Å². The van der Waals surface area contributed by atoms with Gasteiger partial charge in [0.25, 0.3) is 0 Å². The fourth-order valence-electron chi connectivity index (χ4n) is 1.57. The Balaban J connectivity index is 1.89. The highest BCUT2D eigenvalue weighted by atomic mass is 16.1. The molecular weight excluding hydrogens is 188 g/mol. The second-order valence-electron chi connectivity index (χ2n) is 5.04. The number of carbonyl (C=O) groups is 1. The lowest BCUT2D eigenvalue weighted by Crippen LogP contribution is -2.28. The van der Waals surface area contributed by atoms with Gasteiger partial charge in [-0.15, -0.1) is 0 Å². The zero-order valence-electron chi connectivity index (χ0n) is 9.85. The Bertz CT molecular complexity index is 200. The van der Waals surface area contributed by atoms with Crippen LogP contribution in [0.3, 0.4) is 0 Å². The smallest absolute Gasteiger partial charge is 0.220 e. The Morgan fingerprint density at radius 2 is 1.93 bits per heavy atom. The number of nitrogens with one attached hydrogen (secondary N) is 1. The molecule has 0 unspecified atom stereocenters. The van der Waals surface area contributed by atoms with Crippen molar-refractivity contribution in [2.24, 2.45) is 11.1 Å². The standard InChI is InChI=1S/C12H24N2O/c1-12(7-8-12)10-14-11(15)6-4-2-3-5-9-13/h2-10,13H2,1H3,(H,14,15). The summed E-state index contributed by atoms with van der Waals surface area (Å²) < 4.78 is 0. The summed E-state index contributed by atoms with van der Waals surface area (Å²) in [5.41, 5.74) is 5.82. The second kappa shape index (κ2) is 6.11. The van der Waals surface area contributed by atoms with Gasteiger partial charge in [-0.05, 0) is 37.6 Å². The third-order valence-electron chi connectivity index (χ3n) is 3.17. The first-order chi connectivity index (χ1) is 7.16. The van der Waals surface area contributed by atoms with Gasteiger partial charge in [0.15, 0.2) is 0 Å². The summed E-state index contributed by atoms with van der Waals surface area (Å²) >= 11 is 0. The quantitative estimate of drug-likeness (QED) is 0.603. The highest BCUT2D eigenvalue weighted by molar-refractivity contribution is 5.75. The molecule has 3 N–H and O–H groups in total. The molecule has 0 saturated heterocycles. The average Bonchev–Trinajstić information content (AvgIpc) is 2.94. The number of rotatable bonds is 8. The third-order valence-corrected chi connectivity index (χ3v) is 3.17. The molecule has 0 spiro atoms. The van der Waals surface area contributed by atoms with E-state index in [0.29, 0.717) is 11.8 Å².